The third kappa shape index (κ3) is 3.81. The van der Waals surface area contributed by atoms with E-state index in [1.807, 2.05) is 13.0 Å². The normalized spacial score (nSPS) is 14.0. The number of hydrogen-bond donors (Lipinski definition) is 1. The fraction of sp³-hybridized carbons (Fsp3) is 0.450. The van der Waals surface area contributed by atoms with E-state index in [0.717, 1.165) is 61.3 Å². The van der Waals surface area contributed by atoms with Crippen molar-refractivity contribution in [2.24, 2.45) is 0 Å². The fourth-order valence-corrected chi connectivity index (χ4v) is 3.31. The van der Waals surface area contributed by atoms with Crippen LogP contribution in [0.3, 0.4) is 0 Å². The van der Waals surface area contributed by atoms with Crippen LogP contribution in [-0.4, -0.2) is 29.0 Å². The van der Waals surface area contributed by atoms with Gasteiger partial charge in [-0.25, -0.2) is 9.97 Å². The highest BCUT2D eigenvalue weighted by molar-refractivity contribution is 6.04. The molecule has 1 aliphatic heterocycles. The average molecular weight is 338 g/mol. The van der Waals surface area contributed by atoms with Gasteiger partial charge in [-0.1, -0.05) is 32.0 Å². The fourth-order valence-electron chi connectivity index (χ4n) is 3.31. The second-order valence-corrected chi connectivity index (χ2v) is 6.50. The minimum atomic E-state index is -0.165. The van der Waals surface area contributed by atoms with Gasteiger partial charge >= 0.3 is 0 Å². The first-order chi connectivity index (χ1) is 12.1. The third-order valence-corrected chi connectivity index (χ3v) is 4.70. The van der Waals surface area contributed by atoms with Crippen LogP contribution in [0.15, 0.2) is 24.3 Å². The van der Waals surface area contributed by atoms with Crippen LogP contribution >= 0.6 is 0 Å². The molecule has 2 heterocycles. The standard InChI is InChI=1S/C20H26N4O/c1-4-15-9-8-10-16(5-2)18(15)23-19(25)17-13-14(3)21-20(22-17)24-11-6-7-12-24/h8-10,13H,4-7,11-12H2,1-3H3,(H,23,25). The third-order valence-electron chi connectivity index (χ3n) is 4.70. The zero-order valence-corrected chi connectivity index (χ0v) is 15.3. The van der Waals surface area contributed by atoms with E-state index < -0.39 is 0 Å². The number of amides is 1. The van der Waals surface area contributed by atoms with Gasteiger partial charge < -0.3 is 10.2 Å². The quantitative estimate of drug-likeness (QED) is 0.902. The predicted octanol–water partition coefficient (Wildman–Crippen LogP) is 3.76. The van der Waals surface area contributed by atoms with Crippen molar-refractivity contribution >= 4 is 17.5 Å². The Balaban J connectivity index is 1.89. The van der Waals surface area contributed by atoms with Gasteiger partial charge in [0.15, 0.2) is 0 Å². The number of carbonyl (C=O) groups excluding carboxylic acids is 1. The highest BCUT2D eigenvalue weighted by Gasteiger charge is 2.19. The van der Waals surface area contributed by atoms with Crippen molar-refractivity contribution in [3.05, 3.63) is 46.8 Å². The summed E-state index contributed by atoms with van der Waals surface area (Å²) >= 11 is 0. The molecule has 0 atom stereocenters. The Morgan fingerprint density at radius 3 is 2.36 bits per heavy atom. The number of para-hydroxylation sites is 1. The number of anilines is 2. The maximum absolute atomic E-state index is 12.8. The van der Waals surface area contributed by atoms with Crippen LogP contribution in [0.1, 0.15) is 54.0 Å². The number of aromatic nitrogens is 2. The molecule has 1 amide bonds. The van der Waals surface area contributed by atoms with Gasteiger partial charge in [0.2, 0.25) is 5.95 Å². The predicted molar refractivity (Wildman–Crippen MR) is 101 cm³/mol. The summed E-state index contributed by atoms with van der Waals surface area (Å²) in [6.45, 7) is 8.04. The molecule has 0 bridgehead atoms. The zero-order chi connectivity index (χ0) is 17.8. The molecule has 1 saturated heterocycles. The molecule has 1 fully saturated rings. The number of carbonyl (C=O) groups is 1. The van der Waals surface area contributed by atoms with Crippen LogP contribution in [0.2, 0.25) is 0 Å². The Bertz CT molecular complexity index is 744. The molecule has 0 aliphatic carbocycles. The minimum absolute atomic E-state index is 0.165. The number of rotatable bonds is 5. The Morgan fingerprint density at radius 1 is 1.12 bits per heavy atom. The minimum Gasteiger partial charge on any atom is -0.341 e. The summed E-state index contributed by atoms with van der Waals surface area (Å²) in [5, 5.41) is 3.09. The topological polar surface area (TPSA) is 58.1 Å². The van der Waals surface area contributed by atoms with Crippen LogP contribution < -0.4 is 10.2 Å². The van der Waals surface area contributed by atoms with Crippen molar-refractivity contribution in [2.45, 2.75) is 46.5 Å². The van der Waals surface area contributed by atoms with E-state index in [1.54, 1.807) is 6.07 Å². The van der Waals surface area contributed by atoms with Gasteiger partial charge in [-0.3, -0.25) is 4.79 Å². The summed E-state index contributed by atoms with van der Waals surface area (Å²) in [6, 6.07) is 7.94. The SMILES string of the molecule is CCc1cccc(CC)c1NC(=O)c1cc(C)nc(N2CCCC2)n1. The maximum Gasteiger partial charge on any atom is 0.274 e. The van der Waals surface area contributed by atoms with Gasteiger partial charge in [-0.05, 0) is 49.8 Å². The lowest BCUT2D eigenvalue weighted by atomic mass is 10.0. The van der Waals surface area contributed by atoms with E-state index in [0.29, 0.717) is 11.6 Å². The number of nitrogens with one attached hydrogen (secondary N) is 1. The highest BCUT2D eigenvalue weighted by atomic mass is 16.1. The van der Waals surface area contributed by atoms with Gasteiger partial charge in [0.25, 0.3) is 5.91 Å². The smallest absolute Gasteiger partial charge is 0.274 e. The molecule has 25 heavy (non-hydrogen) atoms. The van der Waals surface area contributed by atoms with Crippen LogP contribution in [0, 0.1) is 6.92 Å². The monoisotopic (exact) mass is 338 g/mol. The summed E-state index contributed by atoms with van der Waals surface area (Å²) in [7, 11) is 0. The van der Waals surface area contributed by atoms with E-state index in [2.05, 4.69) is 46.2 Å². The Morgan fingerprint density at radius 2 is 1.76 bits per heavy atom. The second kappa shape index (κ2) is 7.64. The van der Waals surface area contributed by atoms with Crippen molar-refractivity contribution in [3.8, 4) is 0 Å². The second-order valence-electron chi connectivity index (χ2n) is 6.50. The molecule has 1 aromatic carbocycles. The van der Waals surface area contributed by atoms with Crippen molar-refractivity contribution in [1.82, 2.24) is 9.97 Å². The van der Waals surface area contributed by atoms with E-state index in [4.69, 9.17) is 0 Å². The van der Waals surface area contributed by atoms with Crippen LogP contribution in [0.4, 0.5) is 11.6 Å². The molecule has 0 saturated carbocycles. The Kier molecular flexibility index (Phi) is 5.31. The van der Waals surface area contributed by atoms with E-state index in [1.165, 1.54) is 0 Å². The molecular formula is C20H26N4O. The molecule has 5 nitrogen and oxygen atoms in total. The molecular weight excluding hydrogens is 312 g/mol. The van der Waals surface area contributed by atoms with E-state index in [9.17, 15) is 4.79 Å². The van der Waals surface area contributed by atoms with Crippen LogP contribution in [0.5, 0.6) is 0 Å². The molecule has 1 N–H and O–H groups in total. The van der Waals surface area contributed by atoms with Gasteiger partial charge in [0.05, 0.1) is 0 Å². The van der Waals surface area contributed by atoms with Crippen molar-refractivity contribution in [3.63, 3.8) is 0 Å². The number of nitrogens with zero attached hydrogens (tertiary/aromatic N) is 3. The lowest BCUT2D eigenvalue weighted by molar-refractivity contribution is 0.102. The first-order valence-corrected chi connectivity index (χ1v) is 9.15. The molecule has 0 spiro atoms. The highest BCUT2D eigenvalue weighted by Crippen LogP contribution is 2.24. The van der Waals surface area contributed by atoms with Crippen molar-refractivity contribution < 1.29 is 4.79 Å². The van der Waals surface area contributed by atoms with E-state index in [-0.39, 0.29) is 5.91 Å². The summed E-state index contributed by atoms with van der Waals surface area (Å²) in [5.74, 6) is 0.503. The summed E-state index contributed by atoms with van der Waals surface area (Å²) in [4.78, 5) is 24.0. The number of benzene rings is 1. The van der Waals surface area contributed by atoms with Gasteiger partial charge in [0.1, 0.15) is 5.69 Å². The first-order valence-electron chi connectivity index (χ1n) is 9.15. The van der Waals surface area contributed by atoms with Gasteiger partial charge in [-0.2, -0.15) is 0 Å². The summed E-state index contributed by atoms with van der Waals surface area (Å²) < 4.78 is 0. The lowest BCUT2D eigenvalue weighted by Gasteiger charge is -2.17. The number of aryl methyl sites for hydroxylation is 3. The Labute approximate surface area is 149 Å². The molecule has 0 unspecified atom stereocenters. The molecule has 1 aromatic heterocycles. The molecule has 1 aliphatic rings. The van der Waals surface area contributed by atoms with Gasteiger partial charge in [0, 0.05) is 24.5 Å². The Hall–Kier alpha value is -2.43. The van der Waals surface area contributed by atoms with Crippen LogP contribution in [-0.2, 0) is 12.8 Å². The maximum atomic E-state index is 12.8. The van der Waals surface area contributed by atoms with Crippen molar-refractivity contribution in [1.29, 1.82) is 0 Å². The zero-order valence-electron chi connectivity index (χ0n) is 15.3. The van der Waals surface area contributed by atoms with E-state index >= 15 is 0 Å². The molecule has 0 radical (unpaired) electrons. The molecule has 5 heteroatoms. The molecule has 132 valence electrons. The van der Waals surface area contributed by atoms with Crippen LogP contribution in [0.25, 0.3) is 0 Å². The largest absolute Gasteiger partial charge is 0.341 e. The lowest BCUT2D eigenvalue weighted by Crippen LogP contribution is -2.23. The van der Waals surface area contributed by atoms with Gasteiger partial charge in [-0.15, -0.1) is 0 Å². The number of hydrogen-bond acceptors (Lipinski definition) is 4. The average Bonchev–Trinajstić information content (AvgIpc) is 3.16. The molecule has 2 aromatic rings. The van der Waals surface area contributed by atoms with Crippen molar-refractivity contribution in [2.75, 3.05) is 23.3 Å². The first kappa shape index (κ1) is 17.4. The summed E-state index contributed by atoms with van der Waals surface area (Å²) in [6.07, 6.45) is 4.07. The summed E-state index contributed by atoms with van der Waals surface area (Å²) in [5.41, 5.74) is 4.48. The molecule has 3 rings (SSSR count).